The summed E-state index contributed by atoms with van der Waals surface area (Å²) in [5.74, 6) is -0.587. The second kappa shape index (κ2) is 9.36. The molecule has 0 unspecified atom stereocenters. The van der Waals surface area contributed by atoms with Crippen LogP contribution in [0.3, 0.4) is 0 Å². The van der Waals surface area contributed by atoms with E-state index < -0.39 is 16.1 Å². The van der Waals surface area contributed by atoms with Gasteiger partial charge in [0, 0.05) is 11.6 Å². The normalized spacial score (nSPS) is 10.7. The van der Waals surface area contributed by atoms with Gasteiger partial charge in [0.25, 0.3) is 10.1 Å². The summed E-state index contributed by atoms with van der Waals surface area (Å²) in [6.07, 6.45) is 1.24. The van der Waals surface area contributed by atoms with Gasteiger partial charge in [-0.1, -0.05) is 17.7 Å². The first-order chi connectivity index (χ1) is 12.1. The van der Waals surface area contributed by atoms with Gasteiger partial charge in [-0.15, -0.1) is 0 Å². The molecule has 0 fully saturated rings. The van der Waals surface area contributed by atoms with Gasteiger partial charge in [-0.3, -0.25) is 15.2 Å². The molecule has 0 saturated carbocycles. The summed E-state index contributed by atoms with van der Waals surface area (Å²) in [4.78, 5) is -0.0666. The highest BCUT2D eigenvalue weighted by atomic mass is 32.2. The van der Waals surface area contributed by atoms with Gasteiger partial charge in [-0.2, -0.15) is 13.5 Å². The Morgan fingerprint density at radius 2 is 1.77 bits per heavy atom. The second-order valence-corrected chi connectivity index (χ2v) is 6.31. The minimum Gasteiger partial charge on any atom is -0.508 e. The average Bonchev–Trinajstić information content (AvgIpc) is 2.57. The van der Waals surface area contributed by atoms with Crippen LogP contribution in [0.4, 0.5) is 0 Å². The zero-order chi connectivity index (χ0) is 19.7. The first-order valence-electron chi connectivity index (χ1n) is 6.97. The van der Waals surface area contributed by atoms with Crippen molar-refractivity contribution in [1.29, 1.82) is 5.41 Å². The van der Waals surface area contributed by atoms with Crippen molar-refractivity contribution in [2.45, 2.75) is 11.8 Å². The summed E-state index contributed by atoms with van der Waals surface area (Å²) in [5.41, 5.74) is 4.99. The maximum Gasteiger partial charge on any atom is 0.294 e. The predicted octanol–water partition coefficient (Wildman–Crippen LogP) is 1.18. The van der Waals surface area contributed by atoms with Crippen molar-refractivity contribution in [3.63, 3.8) is 0 Å². The van der Waals surface area contributed by atoms with E-state index in [-0.39, 0.29) is 16.4 Å². The van der Waals surface area contributed by atoms with Crippen LogP contribution >= 0.6 is 0 Å². The maximum atomic E-state index is 10.5. The first kappa shape index (κ1) is 20.9. The number of phenolic OH excluding ortho intramolecular Hbond substituents is 2. The number of hydroxylamine groups is 1. The van der Waals surface area contributed by atoms with Gasteiger partial charge < -0.3 is 10.2 Å². The first-order valence-corrected chi connectivity index (χ1v) is 8.41. The Morgan fingerprint density at radius 1 is 1.15 bits per heavy atom. The van der Waals surface area contributed by atoms with E-state index >= 15 is 0 Å². The molecular formula is C15H18N4O6S. The summed E-state index contributed by atoms with van der Waals surface area (Å²) in [6, 6.07) is 9.99. The molecule has 0 aliphatic carbocycles. The number of benzene rings is 2. The fourth-order valence-corrected chi connectivity index (χ4v) is 2.02. The molecule has 0 aliphatic rings. The van der Waals surface area contributed by atoms with E-state index in [0.717, 1.165) is 11.6 Å². The van der Waals surface area contributed by atoms with Gasteiger partial charge in [0.2, 0.25) is 5.96 Å². The highest BCUT2D eigenvalue weighted by Gasteiger charge is 2.06. The monoisotopic (exact) mass is 382 g/mol. The van der Waals surface area contributed by atoms with E-state index in [2.05, 4.69) is 10.5 Å². The van der Waals surface area contributed by atoms with E-state index in [1.165, 1.54) is 36.0 Å². The molecule has 2 rings (SSSR count). The van der Waals surface area contributed by atoms with E-state index in [9.17, 15) is 13.5 Å². The molecule has 0 amide bonds. The lowest BCUT2D eigenvalue weighted by atomic mass is 10.2. The lowest BCUT2D eigenvalue weighted by Gasteiger charge is -2.00. The highest BCUT2D eigenvalue weighted by Crippen LogP contribution is 2.20. The molecule has 140 valence electrons. The standard InChI is InChI=1S/C8H10N4O3.C7H8O3S/c9-8(12-15)11-10-4-5-1-2-6(13)3-7(5)14;1-6-2-4-7(5-3-6)11(8,9)10/h1-4,13-15H,(H3,9,11,12);2-5H,1H3,(H,8,9,10)/b10-4+;. The number of hydrogen-bond acceptors (Lipinski definition) is 7. The molecular weight excluding hydrogens is 364 g/mol. The Morgan fingerprint density at radius 3 is 2.27 bits per heavy atom. The molecule has 0 aliphatic heterocycles. The smallest absolute Gasteiger partial charge is 0.294 e. The van der Waals surface area contributed by atoms with Gasteiger partial charge >= 0.3 is 0 Å². The third-order valence-electron chi connectivity index (χ3n) is 2.82. The Bertz CT molecular complexity index is 882. The van der Waals surface area contributed by atoms with Crippen LogP contribution in [0.15, 0.2) is 52.5 Å². The number of nitrogens with zero attached hydrogens (tertiary/aromatic N) is 1. The molecule has 0 heterocycles. The molecule has 0 saturated heterocycles. The van der Waals surface area contributed by atoms with Crippen molar-refractivity contribution >= 4 is 22.3 Å². The lowest BCUT2D eigenvalue weighted by molar-refractivity contribution is 0.228. The molecule has 0 atom stereocenters. The Hall–Kier alpha value is -3.15. The van der Waals surface area contributed by atoms with Gasteiger partial charge in [0.05, 0.1) is 11.1 Å². The molecule has 2 aromatic carbocycles. The van der Waals surface area contributed by atoms with Crippen molar-refractivity contribution < 1.29 is 28.4 Å². The summed E-state index contributed by atoms with van der Waals surface area (Å²) in [5, 5.41) is 37.0. The van der Waals surface area contributed by atoms with Crippen LogP contribution in [0.25, 0.3) is 0 Å². The Kier molecular flexibility index (Phi) is 7.52. The van der Waals surface area contributed by atoms with E-state index in [1.54, 1.807) is 12.1 Å². The largest absolute Gasteiger partial charge is 0.508 e. The average molecular weight is 382 g/mol. The molecule has 0 aromatic heterocycles. The number of hydrogen-bond donors (Lipinski definition) is 7. The maximum absolute atomic E-state index is 10.5. The minimum atomic E-state index is -4.02. The van der Waals surface area contributed by atoms with Crippen LogP contribution in [0.2, 0.25) is 0 Å². The SMILES string of the molecule is Cc1ccc(S(=O)(=O)O)cc1.N=C(NO)N/N=C/c1ccc(O)cc1O. The molecule has 0 radical (unpaired) electrons. The summed E-state index contributed by atoms with van der Waals surface area (Å²) >= 11 is 0. The Labute approximate surface area is 149 Å². The number of aryl methyl sites for hydroxylation is 1. The Balaban J connectivity index is 0.000000273. The zero-order valence-corrected chi connectivity index (χ0v) is 14.4. The number of aromatic hydroxyl groups is 2. The van der Waals surface area contributed by atoms with Crippen LogP contribution in [0.5, 0.6) is 11.5 Å². The number of phenols is 2. The number of rotatable bonds is 3. The minimum absolute atomic E-state index is 0.0534. The van der Waals surface area contributed by atoms with Crippen LogP contribution < -0.4 is 10.9 Å². The van der Waals surface area contributed by atoms with Gasteiger partial charge in [0.1, 0.15) is 11.5 Å². The summed E-state index contributed by atoms with van der Waals surface area (Å²) in [6.45, 7) is 1.84. The van der Waals surface area contributed by atoms with Gasteiger partial charge in [0.15, 0.2) is 0 Å². The fourth-order valence-electron chi connectivity index (χ4n) is 1.54. The molecule has 26 heavy (non-hydrogen) atoms. The van der Waals surface area contributed by atoms with Gasteiger partial charge in [-0.05, 0) is 31.2 Å². The van der Waals surface area contributed by atoms with Crippen molar-refractivity contribution in [2.75, 3.05) is 0 Å². The van der Waals surface area contributed by atoms with E-state index in [0.29, 0.717) is 5.56 Å². The van der Waals surface area contributed by atoms with Gasteiger partial charge in [-0.25, -0.2) is 10.9 Å². The molecule has 0 bridgehead atoms. The van der Waals surface area contributed by atoms with Crippen LogP contribution in [-0.4, -0.2) is 40.6 Å². The third kappa shape index (κ3) is 7.17. The third-order valence-corrected chi connectivity index (χ3v) is 3.69. The molecule has 0 spiro atoms. The molecule has 11 heteroatoms. The quantitative estimate of drug-likeness (QED) is 0.179. The van der Waals surface area contributed by atoms with Crippen molar-refractivity contribution in [3.8, 4) is 11.5 Å². The number of hydrazone groups is 1. The van der Waals surface area contributed by atoms with E-state index in [4.69, 9.17) is 20.3 Å². The highest BCUT2D eigenvalue weighted by molar-refractivity contribution is 7.85. The topological polar surface area (TPSA) is 175 Å². The second-order valence-electron chi connectivity index (χ2n) is 4.89. The van der Waals surface area contributed by atoms with Crippen molar-refractivity contribution in [1.82, 2.24) is 10.9 Å². The molecule has 7 N–H and O–H groups in total. The van der Waals surface area contributed by atoms with Crippen molar-refractivity contribution in [2.24, 2.45) is 5.10 Å². The summed E-state index contributed by atoms with van der Waals surface area (Å²) in [7, 11) is -4.02. The predicted molar refractivity (Wildman–Crippen MR) is 94.1 cm³/mol. The van der Waals surface area contributed by atoms with Crippen molar-refractivity contribution in [3.05, 3.63) is 53.6 Å². The number of nitrogens with one attached hydrogen (secondary N) is 3. The van der Waals surface area contributed by atoms with Crippen LogP contribution in [-0.2, 0) is 10.1 Å². The van der Waals surface area contributed by atoms with Crippen LogP contribution in [0.1, 0.15) is 11.1 Å². The number of guanidine groups is 1. The molecule has 10 nitrogen and oxygen atoms in total. The van der Waals surface area contributed by atoms with Crippen LogP contribution in [0, 0.1) is 12.3 Å². The summed E-state index contributed by atoms with van der Waals surface area (Å²) < 4.78 is 29.6. The lowest BCUT2D eigenvalue weighted by Crippen LogP contribution is -2.30. The zero-order valence-electron chi connectivity index (χ0n) is 13.6. The van der Waals surface area contributed by atoms with E-state index in [1.807, 2.05) is 6.92 Å². The molecule has 2 aromatic rings. The fraction of sp³-hybridized carbons (Fsp3) is 0.0667.